The van der Waals surface area contributed by atoms with Crippen molar-refractivity contribution in [3.63, 3.8) is 0 Å². The fourth-order valence-electron chi connectivity index (χ4n) is 3.29. The number of hydrogen-bond donors (Lipinski definition) is 1. The van der Waals surface area contributed by atoms with Crippen molar-refractivity contribution in [2.75, 3.05) is 19.0 Å². The first-order valence-corrected chi connectivity index (χ1v) is 8.19. The molecule has 0 atom stereocenters. The lowest BCUT2D eigenvalue weighted by atomic mass is 9.84. The van der Waals surface area contributed by atoms with Crippen molar-refractivity contribution in [1.82, 2.24) is 5.32 Å². The standard InChI is InChI=1S/C17H27ClN2/c1-4-13-5-8-15(9-6-13)20(3)17-10-7-14(12-19-2)11-16(17)18/h7,10-11,13,15,19H,4-6,8-9,12H2,1-3H3. The van der Waals surface area contributed by atoms with Gasteiger partial charge in [0.25, 0.3) is 0 Å². The maximum absolute atomic E-state index is 6.47. The zero-order valence-corrected chi connectivity index (χ0v) is 13.7. The molecule has 1 aromatic rings. The van der Waals surface area contributed by atoms with E-state index in [9.17, 15) is 0 Å². The molecule has 1 fully saturated rings. The molecule has 1 aliphatic carbocycles. The van der Waals surface area contributed by atoms with Crippen molar-refractivity contribution in [3.8, 4) is 0 Å². The number of benzene rings is 1. The lowest BCUT2D eigenvalue weighted by Gasteiger charge is -2.36. The van der Waals surface area contributed by atoms with Gasteiger partial charge in [0, 0.05) is 19.6 Å². The van der Waals surface area contributed by atoms with Crippen LogP contribution >= 0.6 is 11.6 Å². The summed E-state index contributed by atoms with van der Waals surface area (Å²) in [5, 5.41) is 4.04. The fourth-order valence-corrected chi connectivity index (χ4v) is 3.62. The van der Waals surface area contributed by atoms with Crippen LogP contribution in [0.5, 0.6) is 0 Å². The number of hydrogen-bond acceptors (Lipinski definition) is 2. The quantitative estimate of drug-likeness (QED) is 0.862. The van der Waals surface area contributed by atoms with Crippen LogP contribution in [0.15, 0.2) is 18.2 Å². The summed E-state index contributed by atoms with van der Waals surface area (Å²) in [6.07, 6.45) is 6.64. The molecule has 1 N–H and O–H groups in total. The van der Waals surface area contributed by atoms with Crippen LogP contribution in [0.4, 0.5) is 5.69 Å². The Bertz CT molecular complexity index is 425. The number of halogens is 1. The maximum atomic E-state index is 6.47. The molecule has 1 saturated carbocycles. The molecule has 0 amide bonds. The van der Waals surface area contributed by atoms with Crippen LogP contribution in [-0.4, -0.2) is 20.1 Å². The molecule has 0 aromatic heterocycles. The predicted octanol–water partition coefficient (Wildman–Crippen LogP) is 4.46. The van der Waals surface area contributed by atoms with Crippen molar-refractivity contribution in [3.05, 3.63) is 28.8 Å². The van der Waals surface area contributed by atoms with Gasteiger partial charge in [0.05, 0.1) is 10.7 Å². The highest BCUT2D eigenvalue weighted by atomic mass is 35.5. The van der Waals surface area contributed by atoms with Crippen LogP contribution in [0, 0.1) is 5.92 Å². The topological polar surface area (TPSA) is 15.3 Å². The first kappa shape index (κ1) is 15.7. The van der Waals surface area contributed by atoms with Crippen LogP contribution in [0.1, 0.15) is 44.6 Å². The summed E-state index contributed by atoms with van der Waals surface area (Å²) in [6.45, 7) is 3.18. The lowest BCUT2D eigenvalue weighted by Crippen LogP contribution is -2.35. The normalized spacial score (nSPS) is 22.8. The van der Waals surface area contributed by atoms with Gasteiger partial charge in [0.2, 0.25) is 0 Å². The van der Waals surface area contributed by atoms with E-state index >= 15 is 0 Å². The molecule has 0 spiro atoms. The van der Waals surface area contributed by atoms with Crippen LogP contribution < -0.4 is 10.2 Å². The highest BCUT2D eigenvalue weighted by Crippen LogP contribution is 2.34. The Morgan fingerprint density at radius 1 is 1.25 bits per heavy atom. The van der Waals surface area contributed by atoms with E-state index in [2.05, 4.69) is 42.4 Å². The monoisotopic (exact) mass is 294 g/mol. The Morgan fingerprint density at radius 2 is 1.95 bits per heavy atom. The van der Waals surface area contributed by atoms with E-state index in [0.29, 0.717) is 6.04 Å². The summed E-state index contributed by atoms with van der Waals surface area (Å²) in [6, 6.07) is 7.07. The second-order valence-corrected chi connectivity index (χ2v) is 6.42. The van der Waals surface area contributed by atoms with Crippen LogP contribution in [0.25, 0.3) is 0 Å². The maximum Gasteiger partial charge on any atom is 0.0642 e. The molecule has 0 unspecified atom stereocenters. The van der Waals surface area contributed by atoms with Gasteiger partial charge in [-0.2, -0.15) is 0 Å². The molecule has 0 bridgehead atoms. The van der Waals surface area contributed by atoms with Crippen LogP contribution in [0.3, 0.4) is 0 Å². The minimum absolute atomic E-state index is 0.644. The number of nitrogens with zero attached hydrogens (tertiary/aromatic N) is 1. The van der Waals surface area contributed by atoms with Gasteiger partial charge in [-0.1, -0.05) is 31.0 Å². The van der Waals surface area contributed by atoms with Crippen molar-refractivity contribution < 1.29 is 0 Å². The average molecular weight is 295 g/mol. The van der Waals surface area contributed by atoms with Gasteiger partial charge in [-0.15, -0.1) is 0 Å². The molecule has 0 heterocycles. The van der Waals surface area contributed by atoms with Crippen molar-refractivity contribution in [1.29, 1.82) is 0 Å². The Balaban J connectivity index is 2.03. The van der Waals surface area contributed by atoms with Gasteiger partial charge < -0.3 is 10.2 Å². The summed E-state index contributed by atoms with van der Waals surface area (Å²) >= 11 is 6.47. The third-order valence-corrected chi connectivity index (χ3v) is 5.02. The molecular weight excluding hydrogens is 268 g/mol. The third-order valence-electron chi connectivity index (χ3n) is 4.71. The van der Waals surface area contributed by atoms with E-state index in [-0.39, 0.29) is 0 Å². The van der Waals surface area contributed by atoms with Gasteiger partial charge >= 0.3 is 0 Å². The molecule has 0 aliphatic heterocycles. The summed E-state index contributed by atoms with van der Waals surface area (Å²) < 4.78 is 0. The molecule has 1 aliphatic rings. The van der Waals surface area contributed by atoms with Gasteiger partial charge in [-0.25, -0.2) is 0 Å². The fraction of sp³-hybridized carbons (Fsp3) is 0.647. The van der Waals surface area contributed by atoms with Gasteiger partial charge in [-0.3, -0.25) is 0 Å². The number of anilines is 1. The van der Waals surface area contributed by atoms with Gasteiger partial charge in [0.1, 0.15) is 0 Å². The molecule has 2 rings (SSSR count). The lowest BCUT2D eigenvalue weighted by molar-refractivity contribution is 0.313. The molecule has 1 aromatic carbocycles. The zero-order valence-electron chi connectivity index (χ0n) is 13.0. The Kier molecular flexibility index (Phi) is 5.74. The Labute approximate surface area is 128 Å². The summed E-state index contributed by atoms with van der Waals surface area (Å²) in [5.41, 5.74) is 2.41. The van der Waals surface area contributed by atoms with E-state index in [0.717, 1.165) is 17.5 Å². The molecule has 20 heavy (non-hydrogen) atoms. The average Bonchev–Trinajstić information content (AvgIpc) is 2.47. The second kappa shape index (κ2) is 7.33. The zero-order chi connectivity index (χ0) is 14.5. The third kappa shape index (κ3) is 3.67. The van der Waals surface area contributed by atoms with E-state index in [1.54, 1.807) is 0 Å². The summed E-state index contributed by atoms with van der Waals surface area (Å²) in [4.78, 5) is 2.39. The SMILES string of the molecule is CCC1CCC(N(C)c2ccc(CNC)cc2Cl)CC1. The van der Waals surface area contributed by atoms with Crippen LogP contribution in [0.2, 0.25) is 5.02 Å². The largest absolute Gasteiger partial charge is 0.370 e. The smallest absolute Gasteiger partial charge is 0.0642 e. The summed E-state index contributed by atoms with van der Waals surface area (Å²) in [7, 11) is 4.15. The van der Waals surface area contributed by atoms with E-state index < -0.39 is 0 Å². The van der Waals surface area contributed by atoms with Gasteiger partial charge in [-0.05, 0) is 56.3 Å². The molecule has 3 heteroatoms. The van der Waals surface area contributed by atoms with Crippen molar-refractivity contribution in [2.45, 2.75) is 51.6 Å². The number of nitrogens with one attached hydrogen (secondary N) is 1. The molecule has 0 saturated heterocycles. The van der Waals surface area contributed by atoms with E-state index in [1.165, 1.54) is 43.4 Å². The first-order chi connectivity index (χ1) is 9.65. The van der Waals surface area contributed by atoms with Crippen molar-refractivity contribution >= 4 is 17.3 Å². The first-order valence-electron chi connectivity index (χ1n) is 7.81. The highest BCUT2D eigenvalue weighted by molar-refractivity contribution is 6.33. The van der Waals surface area contributed by atoms with Crippen molar-refractivity contribution in [2.24, 2.45) is 5.92 Å². The Morgan fingerprint density at radius 3 is 2.50 bits per heavy atom. The molecular formula is C17H27ClN2. The van der Waals surface area contributed by atoms with Crippen LogP contribution in [-0.2, 0) is 6.54 Å². The van der Waals surface area contributed by atoms with Gasteiger partial charge in [0.15, 0.2) is 0 Å². The molecule has 112 valence electrons. The Hall–Kier alpha value is -0.730. The van der Waals surface area contributed by atoms with E-state index in [1.807, 2.05) is 7.05 Å². The van der Waals surface area contributed by atoms with E-state index in [4.69, 9.17) is 11.6 Å². The minimum Gasteiger partial charge on any atom is -0.370 e. The minimum atomic E-state index is 0.644. The number of rotatable bonds is 5. The summed E-state index contributed by atoms with van der Waals surface area (Å²) in [5.74, 6) is 0.938. The molecule has 2 nitrogen and oxygen atoms in total. The highest BCUT2D eigenvalue weighted by Gasteiger charge is 2.24. The molecule has 0 radical (unpaired) electrons. The second-order valence-electron chi connectivity index (χ2n) is 6.01. The predicted molar refractivity (Wildman–Crippen MR) is 88.7 cm³/mol.